The van der Waals surface area contributed by atoms with E-state index in [1.165, 1.54) is 34.3 Å². The van der Waals surface area contributed by atoms with Crippen LogP contribution in [0.15, 0.2) is 85.2 Å². The standard InChI is InChI=1S/C33H48O2Si2/c1-8-18-30-31-25-27(34-36(9-2,10-3)11-4)23-26(31)24-32(30)35-37(33(5,6)7,28-19-14-12-15-20-28)29-21-16-13-17-22-29/h8,12-17,19-23,26,30-32H,1,9-11,18,24-25H2,2-7H3/t26-,30+,31-,32+/m0/s1. The second-order valence-electron chi connectivity index (χ2n) is 12.3. The molecule has 0 aliphatic heterocycles. The van der Waals surface area contributed by atoms with E-state index >= 15 is 0 Å². The fourth-order valence-corrected chi connectivity index (χ4v) is 14.5. The Hall–Kier alpha value is -1.89. The van der Waals surface area contributed by atoms with E-state index in [2.05, 4.69) is 121 Å². The van der Waals surface area contributed by atoms with Gasteiger partial charge in [-0.25, -0.2) is 0 Å². The Labute approximate surface area is 228 Å². The molecule has 2 aliphatic carbocycles. The van der Waals surface area contributed by atoms with Gasteiger partial charge < -0.3 is 8.85 Å². The molecule has 4 heteroatoms. The van der Waals surface area contributed by atoms with Crippen molar-refractivity contribution in [3.8, 4) is 0 Å². The molecule has 2 aromatic carbocycles. The first-order valence-electron chi connectivity index (χ1n) is 14.5. The van der Waals surface area contributed by atoms with Crippen molar-refractivity contribution in [3.05, 3.63) is 85.2 Å². The van der Waals surface area contributed by atoms with E-state index in [1.54, 1.807) is 0 Å². The molecular weight excluding hydrogens is 485 g/mol. The predicted octanol–water partition coefficient (Wildman–Crippen LogP) is 8.07. The normalized spacial score (nSPS) is 24.0. The largest absolute Gasteiger partial charge is 0.547 e. The van der Waals surface area contributed by atoms with Crippen molar-refractivity contribution in [1.82, 2.24) is 0 Å². The number of allylic oxidation sites excluding steroid dienone is 3. The third-order valence-corrected chi connectivity index (χ3v) is 19.0. The van der Waals surface area contributed by atoms with E-state index in [1.807, 2.05) is 0 Å². The van der Waals surface area contributed by atoms with Crippen LogP contribution in [0.4, 0.5) is 0 Å². The lowest BCUT2D eigenvalue weighted by Crippen LogP contribution is -2.68. The van der Waals surface area contributed by atoms with Crippen molar-refractivity contribution in [3.63, 3.8) is 0 Å². The van der Waals surface area contributed by atoms with Gasteiger partial charge in [-0.2, -0.15) is 0 Å². The van der Waals surface area contributed by atoms with Gasteiger partial charge >= 0.3 is 0 Å². The van der Waals surface area contributed by atoms with Crippen molar-refractivity contribution in [2.45, 2.75) is 90.1 Å². The van der Waals surface area contributed by atoms with Crippen LogP contribution >= 0.6 is 0 Å². The lowest BCUT2D eigenvalue weighted by atomic mass is 9.88. The van der Waals surface area contributed by atoms with Crippen LogP contribution in [-0.2, 0) is 8.85 Å². The van der Waals surface area contributed by atoms with Gasteiger partial charge in [0.15, 0.2) is 0 Å². The molecular formula is C33H48O2Si2. The predicted molar refractivity (Wildman–Crippen MR) is 163 cm³/mol. The fourth-order valence-electron chi connectivity index (χ4n) is 7.14. The molecule has 1 fully saturated rings. The Balaban J connectivity index is 1.70. The summed E-state index contributed by atoms with van der Waals surface area (Å²) in [6.45, 7) is 18.3. The van der Waals surface area contributed by atoms with Gasteiger partial charge in [0.1, 0.15) is 0 Å². The Morgan fingerprint density at radius 3 is 1.89 bits per heavy atom. The van der Waals surface area contributed by atoms with Crippen molar-refractivity contribution < 1.29 is 8.85 Å². The minimum absolute atomic E-state index is 0.00910. The lowest BCUT2D eigenvalue weighted by Gasteiger charge is -2.46. The maximum atomic E-state index is 7.67. The fraction of sp³-hybridized carbons (Fsp3) is 0.515. The second kappa shape index (κ2) is 11.5. The number of hydrogen-bond acceptors (Lipinski definition) is 2. The second-order valence-corrected chi connectivity index (χ2v) is 21.2. The molecule has 0 aromatic heterocycles. The molecule has 0 unspecified atom stereocenters. The van der Waals surface area contributed by atoms with Crippen LogP contribution < -0.4 is 10.4 Å². The van der Waals surface area contributed by atoms with Crippen molar-refractivity contribution in [2.75, 3.05) is 0 Å². The first kappa shape index (κ1) is 28.1. The SMILES string of the molecule is C=CC[C@@H]1[C@H]2CC(O[Si](CC)(CC)CC)=C[C@H]2C[C@H]1O[Si](c1ccccc1)(c1ccccc1)C(C)(C)C. The van der Waals surface area contributed by atoms with Crippen LogP contribution in [0.5, 0.6) is 0 Å². The number of hydrogen-bond donors (Lipinski definition) is 0. The highest BCUT2D eigenvalue weighted by Crippen LogP contribution is 2.52. The quantitative estimate of drug-likeness (QED) is 0.215. The van der Waals surface area contributed by atoms with E-state index in [0.29, 0.717) is 17.8 Å². The minimum atomic E-state index is -2.58. The first-order valence-corrected chi connectivity index (χ1v) is 19.0. The average Bonchev–Trinajstić information content (AvgIpc) is 3.43. The summed E-state index contributed by atoms with van der Waals surface area (Å²) >= 11 is 0. The van der Waals surface area contributed by atoms with Gasteiger partial charge in [-0.05, 0) is 70.2 Å². The van der Waals surface area contributed by atoms with E-state index in [9.17, 15) is 0 Å². The number of fused-ring (bicyclic) bond motifs is 1. The summed E-state index contributed by atoms with van der Waals surface area (Å²) in [5, 5.41) is 2.73. The van der Waals surface area contributed by atoms with Crippen LogP contribution in [0, 0.1) is 17.8 Å². The zero-order valence-electron chi connectivity index (χ0n) is 24.0. The van der Waals surface area contributed by atoms with Crippen molar-refractivity contribution >= 4 is 27.0 Å². The molecule has 2 aliphatic rings. The Kier molecular flexibility index (Phi) is 8.72. The summed E-state index contributed by atoms with van der Waals surface area (Å²) in [7, 11) is -4.24. The highest BCUT2D eigenvalue weighted by molar-refractivity contribution is 6.99. The van der Waals surface area contributed by atoms with Gasteiger partial charge in [-0.3, -0.25) is 0 Å². The molecule has 0 heterocycles. The summed E-state index contributed by atoms with van der Waals surface area (Å²) in [6.07, 6.45) is 8.00. The van der Waals surface area contributed by atoms with Gasteiger partial charge in [-0.15, -0.1) is 6.58 Å². The molecule has 4 atom stereocenters. The van der Waals surface area contributed by atoms with Gasteiger partial charge in [0.2, 0.25) is 8.32 Å². The summed E-state index contributed by atoms with van der Waals surface area (Å²) in [5.74, 6) is 2.89. The van der Waals surface area contributed by atoms with Crippen molar-refractivity contribution in [1.29, 1.82) is 0 Å². The Morgan fingerprint density at radius 1 is 0.892 bits per heavy atom. The molecule has 2 nitrogen and oxygen atoms in total. The molecule has 0 spiro atoms. The molecule has 2 aromatic rings. The summed E-state index contributed by atoms with van der Waals surface area (Å²) in [6, 6.07) is 25.8. The van der Waals surface area contributed by atoms with Gasteiger partial charge in [0, 0.05) is 12.5 Å². The Bertz CT molecular complexity index is 1000. The van der Waals surface area contributed by atoms with Crippen LogP contribution in [0.1, 0.15) is 60.8 Å². The maximum absolute atomic E-state index is 7.67. The molecule has 200 valence electrons. The van der Waals surface area contributed by atoms with E-state index in [4.69, 9.17) is 8.85 Å². The highest BCUT2D eigenvalue weighted by atomic mass is 28.4. The minimum Gasteiger partial charge on any atom is -0.547 e. The molecule has 1 saturated carbocycles. The average molecular weight is 533 g/mol. The number of rotatable bonds is 11. The molecule has 0 bridgehead atoms. The summed E-state index contributed by atoms with van der Waals surface area (Å²) in [5.41, 5.74) is 0. The lowest BCUT2D eigenvalue weighted by molar-refractivity contribution is 0.129. The molecule has 0 radical (unpaired) electrons. The van der Waals surface area contributed by atoms with E-state index in [0.717, 1.165) is 19.3 Å². The summed E-state index contributed by atoms with van der Waals surface area (Å²) in [4.78, 5) is 0. The molecule has 0 N–H and O–H groups in total. The van der Waals surface area contributed by atoms with Gasteiger partial charge in [0.05, 0.1) is 5.76 Å². The molecule has 0 amide bonds. The topological polar surface area (TPSA) is 18.5 Å². The highest BCUT2D eigenvalue weighted by Gasteiger charge is 2.55. The van der Waals surface area contributed by atoms with E-state index in [-0.39, 0.29) is 11.1 Å². The Morgan fingerprint density at radius 2 is 1.43 bits per heavy atom. The van der Waals surface area contributed by atoms with Crippen LogP contribution in [0.3, 0.4) is 0 Å². The van der Waals surface area contributed by atoms with E-state index < -0.39 is 16.6 Å². The van der Waals surface area contributed by atoms with Gasteiger partial charge in [-0.1, -0.05) is 108 Å². The molecule has 4 rings (SSSR count). The first-order chi connectivity index (χ1) is 17.7. The zero-order chi connectivity index (χ0) is 26.7. The third-order valence-electron chi connectivity index (χ3n) is 9.38. The zero-order valence-corrected chi connectivity index (χ0v) is 26.0. The van der Waals surface area contributed by atoms with Crippen LogP contribution in [-0.4, -0.2) is 22.7 Å². The van der Waals surface area contributed by atoms with Crippen molar-refractivity contribution in [2.24, 2.45) is 17.8 Å². The molecule has 0 saturated heterocycles. The monoisotopic (exact) mass is 532 g/mol. The smallest absolute Gasteiger partial charge is 0.261 e. The third kappa shape index (κ3) is 5.35. The molecule has 37 heavy (non-hydrogen) atoms. The van der Waals surface area contributed by atoms with Crippen LogP contribution in [0.25, 0.3) is 0 Å². The number of benzene rings is 2. The van der Waals surface area contributed by atoms with Crippen LogP contribution in [0.2, 0.25) is 23.2 Å². The maximum Gasteiger partial charge on any atom is 0.261 e. The van der Waals surface area contributed by atoms with Gasteiger partial charge in [0.25, 0.3) is 8.32 Å². The summed E-state index contributed by atoms with van der Waals surface area (Å²) < 4.78 is 14.5.